The summed E-state index contributed by atoms with van der Waals surface area (Å²) in [5.41, 5.74) is 3.26. The van der Waals surface area contributed by atoms with Crippen LogP contribution in [-0.2, 0) is 14.8 Å². The first kappa shape index (κ1) is 22.5. The molecule has 0 aromatic heterocycles. The van der Waals surface area contributed by atoms with Crippen LogP contribution in [0.4, 0.5) is 11.4 Å². The quantitative estimate of drug-likeness (QED) is 0.593. The summed E-state index contributed by atoms with van der Waals surface area (Å²) in [6.45, 7) is 8.10. The van der Waals surface area contributed by atoms with E-state index >= 15 is 0 Å². The predicted molar refractivity (Wildman–Crippen MR) is 118 cm³/mol. The van der Waals surface area contributed by atoms with Crippen LogP contribution in [0.5, 0.6) is 5.75 Å². The SMILES string of the molecule is C=CCOc1ccc(NC(=O)CCCN(c2cccc(C)c2C)S(C)(=O)=O)cc1. The molecule has 0 aliphatic heterocycles. The third-order valence-electron chi connectivity index (χ3n) is 4.52. The van der Waals surface area contributed by atoms with E-state index in [1.807, 2.05) is 26.0 Å². The van der Waals surface area contributed by atoms with Gasteiger partial charge in [0.2, 0.25) is 15.9 Å². The van der Waals surface area contributed by atoms with Crippen molar-refractivity contribution in [3.8, 4) is 5.75 Å². The van der Waals surface area contributed by atoms with Crippen LogP contribution < -0.4 is 14.4 Å². The Morgan fingerprint density at radius 1 is 1.17 bits per heavy atom. The van der Waals surface area contributed by atoms with Crippen LogP contribution in [0.1, 0.15) is 24.0 Å². The highest BCUT2D eigenvalue weighted by molar-refractivity contribution is 7.92. The second-order valence-corrected chi connectivity index (χ2v) is 8.74. The average Bonchev–Trinajstić information content (AvgIpc) is 2.66. The van der Waals surface area contributed by atoms with E-state index in [9.17, 15) is 13.2 Å². The first-order valence-electron chi connectivity index (χ1n) is 9.40. The molecule has 2 aromatic rings. The number of amides is 1. The third-order valence-corrected chi connectivity index (χ3v) is 5.70. The number of nitrogens with zero attached hydrogens (tertiary/aromatic N) is 1. The maximum absolute atomic E-state index is 12.3. The number of benzene rings is 2. The topological polar surface area (TPSA) is 75.7 Å². The highest BCUT2D eigenvalue weighted by atomic mass is 32.2. The number of carbonyl (C=O) groups excluding carboxylic acids is 1. The van der Waals surface area contributed by atoms with Crippen LogP contribution in [-0.4, -0.2) is 33.7 Å². The number of hydrogen-bond donors (Lipinski definition) is 1. The Labute approximate surface area is 173 Å². The van der Waals surface area contributed by atoms with Crippen molar-refractivity contribution in [3.05, 3.63) is 66.2 Å². The van der Waals surface area contributed by atoms with Crippen LogP contribution in [0.25, 0.3) is 0 Å². The van der Waals surface area contributed by atoms with Crippen molar-refractivity contribution >= 4 is 27.3 Å². The van der Waals surface area contributed by atoms with Crippen molar-refractivity contribution < 1.29 is 17.9 Å². The first-order chi connectivity index (χ1) is 13.7. The lowest BCUT2D eigenvalue weighted by Crippen LogP contribution is -2.32. The summed E-state index contributed by atoms with van der Waals surface area (Å²) in [5, 5.41) is 2.82. The molecule has 0 aliphatic carbocycles. The Hall–Kier alpha value is -2.80. The molecule has 0 unspecified atom stereocenters. The lowest BCUT2D eigenvalue weighted by molar-refractivity contribution is -0.116. The molecule has 0 saturated carbocycles. The minimum Gasteiger partial charge on any atom is -0.490 e. The molecular formula is C22H28N2O4S. The van der Waals surface area contributed by atoms with E-state index in [1.54, 1.807) is 36.4 Å². The maximum atomic E-state index is 12.3. The standard InChI is InChI=1S/C22H28N2O4S/c1-5-16-28-20-13-11-19(12-14-20)23-22(25)10-7-15-24(29(4,26)27)21-9-6-8-17(2)18(21)3/h5-6,8-9,11-14H,1,7,10,15-16H2,2-4H3,(H,23,25). The van der Waals surface area contributed by atoms with Crippen LogP contribution >= 0.6 is 0 Å². The van der Waals surface area contributed by atoms with E-state index in [1.165, 1.54) is 10.6 Å². The normalized spacial score (nSPS) is 11.0. The second-order valence-electron chi connectivity index (χ2n) is 6.83. The molecule has 0 heterocycles. The van der Waals surface area contributed by atoms with Crippen molar-refractivity contribution in [2.75, 3.05) is 29.0 Å². The molecule has 0 radical (unpaired) electrons. The van der Waals surface area contributed by atoms with Crippen molar-refractivity contribution in [3.63, 3.8) is 0 Å². The number of aryl methyl sites for hydroxylation is 1. The van der Waals surface area contributed by atoms with Gasteiger partial charge in [-0.15, -0.1) is 0 Å². The molecule has 2 rings (SSSR count). The van der Waals surface area contributed by atoms with E-state index < -0.39 is 10.0 Å². The Kier molecular flexibility index (Phi) is 7.84. The summed E-state index contributed by atoms with van der Waals surface area (Å²) in [6, 6.07) is 12.6. The minimum absolute atomic E-state index is 0.167. The zero-order chi connectivity index (χ0) is 21.4. The Bertz CT molecular complexity index is 953. The van der Waals surface area contributed by atoms with Gasteiger partial charge < -0.3 is 10.1 Å². The Balaban J connectivity index is 1.94. The number of ether oxygens (including phenoxy) is 1. The van der Waals surface area contributed by atoms with E-state index in [4.69, 9.17) is 4.74 Å². The third kappa shape index (κ3) is 6.64. The first-order valence-corrected chi connectivity index (χ1v) is 11.2. The fourth-order valence-corrected chi connectivity index (χ4v) is 3.88. The molecule has 0 saturated heterocycles. The molecular weight excluding hydrogens is 388 g/mol. The molecule has 156 valence electrons. The minimum atomic E-state index is -3.45. The molecule has 0 fully saturated rings. The van der Waals surface area contributed by atoms with Crippen LogP contribution in [0, 0.1) is 13.8 Å². The van der Waals surface area contributed by atoms with Gasteiger partial charge in [0.15, 0.2) is 0 Å². The fraction of sp³-hybridized carbons (Fsp3) is 0.318. The molecule has 2 aromatic carbocycles. The van der Waals surface area contributed by atoms with E-state index in [0.717, 1.165) is 11.1 Å². The van der Waals surface area contributed by atoms with Gasteiger partial charge in [0.1, 0.15) is 12.4 Å². The van der Waals surface area contributed by atoms with Crippen LogP contribution in [0.2, 0.25) is 0 Å². The smallest absolute Gasteiger partial charge is 0.232 e. The number of rotatable bonds is 10. The Morgan fingerprint density at radius 3 is 2.48 bits per heavy atom. The zero-order valence-electron chi connectivity index (χ0n) is 17.1. The molecule has 0 spiro atoms. The average molecular weight is 417 g/mol. The number of anilines is 2. The summed E-state index contributed by atoms with van der Waals surface area (Å²) in [4.78, 5) is 12.2. The van der Waals surface area contributed by atoms with Crippen molar-refractivity contribution in [2.24, 2.45) is 0 Å². The number of sulfonamides is 1. The van der Waals surface area contributed by atoms with Gasteiger partial charge in [-0.05, 0) is 61.7 Å². The largest absolute Gasteiger partial charge is 0.490 e. The van der Waals surface area contributed by atoms with E-state index in [0.29, 0.717) is 30.2 Å². The van der Waals surface area contributed by atoms with Crippen molar-refractivity contribution in [1.29, 1.82) is 0 Å². The summed E-state index contributed by atoms with van der Waals surface area (Å²) in [6.07, 6.45) is 3.47. The second kappa shape index (κ2) is 10.1. The molecule has 1 N–H and O–H groups in total. The number of hydrogen-bond acceptors (Lipinski definition) is 4. The molecule has 0 atom stereocenters. The van der Waals surface area contributed by atoms with Gasteiger partial charge in [0, 0.05) is 18.7 Å². The Morgan fingerprint density at radius 2 is 1.86 bits per heavy atom. The van der Waals surface area contributed by atoms with E-state index in [2.05, 4.69) is 11.9 Å². The van der Waals surface area contributed by atoms with Gasteiger partial charge in [-0.2, -0.15) is 0 Å². The van der Waals surface area contributed by atoms with Gasteiger partial charge in [0.05, 0.1) is 11.9 Å². The van der Waals surface area contributed by atoms with Gasteiger partial charge in [0.25, 0.3) is 0 Å². The zero-order valence-corrected chi connectivity index (χ0v) is 18.0. The maximum Gasteiger partial charge on any atom is 0.232 e. The van der Waals surface area contributed by atoms with Crippen LogP contribution in [0.3, 0.4) is 0 Å². The summed E-state index contributed by atoms with van der Waals surface area (Å²) < 4.78 is 31.3. The highest BCUT2D eigenvalue weighted by Gasteiger charge is 2.19. The molecule has 1 amide bonds. The summed E-state index contributed by atoms with van der Waals surface area (Å²) in [5.74, 6) is 0.527. The molecule has 7 heteroatoms. The number of carbonyl (C=O) groups is 1. The van der Waals surface area contributed by atoms with Gasteiger partial charge >= 0.3 is 0 Å². The van der Waals surface area contributed by atoms with Gasteiger partial charge in [-0.1, -0.05) is 24.8 Å². The van der Waals surface area contributed by atoms with Gasteiger partial charge in [-0.25, -0.2) is 8.42 Å². The molecule has 6 nitrogen and oxygen atoms in total. The summed E-state index contributed by atoms with van der Waals surface area (Å²) >= 11 is 0. The van der Waals surface area contributed by atoms with E-state index in [-0.39, 0.29) is 18.9 Å². The fourth-order valence-electron chi connectivity index (χ4n) is 2.87. The highest BCUT2D eigenvalue weighted by Crippen LogP contribution is 2.25. The lowest BCUT2D eigenvalue weighted by atomic mass is 10.1. The lowest BCUT2D eigenvalue weighted by Gasteiger charge is -2.24. The van der Waals surface area contributed by atoms with Crippen LogP contribution in [0.15, 0.2) is 55.1 Å². The number of nitrogens with one attached hydrogen (secondary N) is 1. The summed E-state index contributed by atoms with van der Waals surface area (Å²) in [7, 11) is -3.45. The van der Waals surface area contributed by atoms with Crippen molar-refractivity contribution in [2.45, 2.75) is 26.7 Å². The monoisotopic (exact) mass is 416 g/mol. The van der Waals surface area contributed by atoms with Crippen molar-refractivity contribution in [1.82, 2.24) is 0 Å². The van der Waals surface area contributed by atoms with Gasteiger partial charge in [-0.3, -0.25) is 9.10 Å². The molecule has 0 aliphatic rings. The molecule has 29 heavy (non-hydrogen) atoms. The predicted octanol–water partition coefficient (Wildman–Crippen LogP) is 4.05. The molecule has 0 bridgehead atoms.